The molecule has 2 aromatic rings. The molecule has 2 aromatic heterocycles. The summed E-state index contributed by atoms with van der Waals surface area (Å²) in [6, 6.07) is 3.10. The Kier molecular flexibility index (Phi) is 3.97. The topological polar surface area (TPSA) is 97.4 Å². The third-order valence-electron chi connectivity index (χ3n) is 2.34. The zero-order valence-corrected chi connectivity index (χ0v) is 10.3. The van der Waals surface area contributed by atoms with Crippen LogP contribution in [0.5, 0.6) is 0 Å². The number of nitrogens with one attached hydrogen (secondary N) is 2. The number of amides is 2. The molecule has 0 radical (unpaired) electrons. The minimum Gasteiger partial charge on any atom is -0.472 e. The number of rotatable bonds is 5. The molecule has 0 spiro atoms. The molecule has 0 unspecified atom stereocenters. The van der Waals surface area contributed by atoms with Gasteiger partial charge in [0.25, 0.3) is 11.8 Å². The van der Waals surface area contributed by atoms with Crippen molar-refractivity contribution in [3.63, 3.8) is 0 Å². The molecular formula is C12H13N3O4. The largest absolute Gasteiger partial charge is 0.472 e. The summed E-state index contributed by atoms with van der Waals surface area (Å²) in [5.74, 6) is -0.0203. The quantitative estimate of drug-likeness (QED) is 0.775. The lowest BCUT2D eigenvalue weighted by Crippen LogP contribution is -2.34. The second kappa shape index (κ2) is 5.85. The standard InChI is InChI=1S/C12H13N3O4/c1-8-6-10(15-19-8)12(17)14-4-3-13-11(16)9-2-5-18-7-9/h2,5-7H,3-4H2,1H3,(H,13,16)(H,14,17). The summed E-state index contributed by atoms with van der Waals surface area (Å²) in [6.45, 7) is 2.32. The first kappa shape index (κ1) is 12.9. The molecule has 0 saturated heterocycles. The highest BCUT2D eigenvalue weighted by Gasteiger charge is 2.10. The van der Waals surface area contributed by atoms with Gasteiger partial charge in [-0.2, -0.15) is 0 Å². The van der Waals surface area contributed by atoms with Crippen LogP contribution in [-0.4, -0.2) is 30.1 Å². The predicted octanol–water partition coefficient (Wildman–Crippen LogP) is 0.736. The van der Waals surface area contributed by atoms with Crippen LogP contribution in [0.1, 0.15) is 26.6 Å². The molecule has 2 N–H and O–H groups in total. The maximum atomic E-state index is 11.6. The number of carbonyl (C=O) groups is 2. The van der Waals surface area contributed by atoms with Gasteiger partial charge >= 0.3 is 0 Å². The number of furan rings is 1. The van der Waals surface area contributed by atoms with E-state index >= 15 is 0 Å². The minimum absolute atomic E-state index is 0.221. The molecule has 100 valence electrons. The lowest BCUT2D eigenvalue weighted by atomic mass is 10.3. The number of aryl methyl sites for hydroxylation is 1. The van der Waals surface area contributed by atoms with E-state index in [9.17, 15) is 9.59 Å². The molecule has 0 bridgehead atoms. The van der Waals surface area contributed by atoms with Crippen LogP contribution < -0.4 is 10.6 Å². The highest BCUT2D eigenvalue weighted by molar-refractivity contribution is 5.94. The molecule has 0 aromatic carbocycles. The van der Waals surface area contributed by atoms with Gasteiger partial charge in [0.15, 0.2) is 5.69 Å². The number of hydrogen-bond donors (Lipinski definition) is 2. The first-order valence-electron chi connectivity index (χ1n) is 5.69. The Morgan fingerprint density at radius 2 is 2.00 bits per heavy atom. The van der Waals surface area contributed by atoms with Gasteiger partial charge in [-0.3, -0.25) is 9.59 Å². The molecule has 0 atom stereocenters. The molecule has 7 heteroatoms. The van der Waals surface area contributed by atoms with E-state index in [0.29, 0.717) is 24.4 Å². The van der Waals surface area contributed by atoms with Crippen LogP contribution >= 0.6 is 0 Å². The molecule has 2 rings (SSSR count). The van der Waals surface area contributed by atoms with E-state index in [1.807, 2.05) is 0 Å². The van der Waals surface area contributed by atoms with Crippen molar-refractivity contribution >= 4 is 11.8 Å². The molecule has 0 fully saturated rings. The Hall–Kier alpha value is -2.57. The second-order valence-corrected chi connectivity index (χ2v) is 3.85. The highest BCUT2D eigenvalue weighted by Crippen LogP contribution is 2.00. The van der Waals surface area contributed by atoms with Crippen LogP contribution in [-0.2, 0) is 0 Å². The van der Waals surface area contributed by atoms with Crippen molar-refractivity contribution in [1.29, 1.82) is 0 Å². The number of nitrogens with zero attached hydrogens (tertiary/aromatic N) is 1. The normalized spacial score (nSPS) is 10.2. The Morgan fingerprint density at radius 3 is 2.58 bits per heavy atom. The predicted molar refractivity (Wildman–Crippen MR) is 64.6 cm³/mol. The SMILES string of the molecule is Cc1cc(C(=O)NCCNC(=O)c2ccoc2)no1. The van der Waals surface area contributed by atoms with Crippen molar-refractivity contribution < 1.29 is 18.5 Å². The van der Waals surface area contributed by atoms with E-state index in [-0.39, 0.29) is 17.5 Å². The summed E-state index contributed by atoms with van der Waals surface area (Å²) in [7, 11) is 0. The van der Waals surface area contributed by atoms with Gasteiger partial charge in [-0.15, -0.1) is 0 Å². The lowest BCUT2D eigenvalue weighted by molar-refractivity contribution is 0.0922. The molecular weight excluding hydrogens is 250 g/mol. The number of aromatic nitrogens is 1. The van der Waals surface area contributed by atoms with Gasteiger partial charge in [-0.05, 0) is 13.0 Å². The lowest BCUT2D eigenvalue weighted by Gasteiger charge is -2.04. The maximum absolute atomic E-state index is 11.6. The summed E-state index contributed by atoms with van der Waals surface area (Å²) in [6.07, 6.45) is 2.77. The minimum atomic E-state index is -0.339. The van der Waals surface area contributed by atoms with Crippen LogP contribution in [0.2, 0.25) is 0 Å². The van der Waals surface area contributed by atoms with Crippen LogP contribution in [0.25, 0.3) is 0 Å². The third-order valence-corrected chi connectivity index (χ3v) is 2.34. The summed E-state index contributed by atoms with van der Waals surface area (Å²) in [5.41, 5.74) is 0.664. The van der Waals surface area contributed by atoms with E-state index in [2.05, 4.69) is 15.8 Å². The van der Waals surface area contributed by atoms with Gasteiger partial charge in [0, 0.05) is 19.2 Å². The van der Waals surface area contributed by atoms with Crippen LogP contribution in [0, 0.1) is 6.92 Å². The summed E-state index contributed by atoms with van der Waals surface area (Å²) in [4.78, 5) is 23.1. The Morgan fingerprint density at radius 1 is 1.26 bits per heavy atom. The second-order valence-electron chi connectivity index (χ2n) is 3.85. The molecule has 7 nitrogen and oxygen atoms in total. The van der Waals surface area contributed by atoms with Gasteiger partial charge < -0.3 is 19.6 Å². The molecule has 19 heavy (non-hydrogen) atoms. The molecule has 0 aliphatic heterocycles. The fourth-order valence-corrected chi connectivity index (χ4v) is 1.41. The molecule has 0 aliphatic rings. The van der Waals surface area contributed by atoms with Gasteiger partial charge in [0.2, 0.25) is 0 Å². The first-order chi connectivity index (χ1) is 9.16. The van der Waals surface area contributed by atoms with E-state index in [1.165, 1.54) is 12.5 Å². The van der Waals surface area contributed by atoms with Crippen LogP contribution in [0.15, 0.2) is 33.6 Å². The first-order valence-corrected chi connectivity index (χ1v) is 5.69. The molecule has 0 aliphatic carbocycles. The van der Waals surface area contributed by atoms with E-state index in [4.69, 9.17) is 8.94 Å². The Bertz CT molecular complexity index is 559. The van der Waals surface area contributed by atoms with Crippen molar-refractivity contribution in [3.05, 3.63) is 41.7 Å². The summed E-state index contributed by atoms with van der Waals surface area (Å²) in [5, 5.41) is 8.84. The van der Waals surface area contributed by atoms with Gasteiger partial charge in [-0.25, -0.2) is 0 Å². The molecule has 2 heterocycles. The third kappa shape index (κ3) is 3.44. The van der Waals surface area contributed by atoms with Crippen molar-refractivity contribution in [3.8, 4) is 0 Å². The van der Waals surface area contributed by atoms with Crippen molar-refractivity contribution in [2.24, 2.45) is 0 Å². The zero-order valence-electron chi connectivity index (χ0n) is 10.3. The fraction of sp³-hybridized carbons (Fsp3) is 0.250. The smallest absolute Gasteiger partial charge is 0.273 e. The van der Waals surface area contributed by atoms with Crippen molar-refractivity contribution in [1.82, 2.24) is 15.8 Å². The Balaban J connectivity index is 1.70. The van der Waals surface area contributed by atoms with Gasteiger partial charge in [0.05, 0.1) is 11.8 Å². The average molecular weight is 263 g/mol. The zero-order chi connectivity index (χ0) is 13.7. The highest BCUT2D eigenvalue weighted by atomic mass is 16.5. The van der Waals surface area contributed by atoms with Crippen molar-refractivity contribution in [2.75, 3.05) is 13.1 Å². The van der Waals surface area contributed by atoms with E-state index in [1.54, 1.807) is 19.1 Å². The van der Waals surface area contributed by atoms with Gasteiger partial charge in [0.1, 0.15) is 12.0 Å². The summed E-state index contributed by atoms with van der Waals surface area (Å²) >= 11 is 0. The van der Waals surface area contributed by atoms with Crippen molar-refractivity contribution in [2.45, 2.75) is 6.92 Å². The van der Waals surface area contributed by atoms with Crippen LogP contribution in [0.4, 0.5) is 0 Å². The number of hydrogen-bond acceptors (Lipinski definition) is 5. The Labute approximate surface area is 108 Å². The molecule has 2 amide bonds. The summed E-state index contributed by atoms with van der Waals surface area (Å²) < 4.78 is 9.58. The van der Waals surface area contributed by atoms with E-state index in [0.717, 1.165) is 0 Å². The molecule has 0 saturated carbocycles. The average Bonchev–Trinajstić information content (AvgIpc) is 3.04. The van der Waals surface area contributed by atoms with Crippen LogP contribution in [0.3, 0.4) is 0 Å². The van der Waals surface area contributed by atoms with E-state index < -0.39 is 0 Å². The fourth-order valence-electron chi connectivity index (χ4n) is 1.41. The maximum Gasteiger partial charge on any atom is 0.273 e. The number of carbonyl (C=O) groups excluding carboxylic acids is 2. The monoisotopic (exact) mass is 263 g/mol. The van der Waals surface area contributed by atoms with Gasteiger partial charge in [-0.1, -0.05) is 5.16 Å².